The van der Waals surface area contributed by atoms with Crippen molar-refractivity contribution in [1.82, 2.24) is 0 Å². The molecule has 0 aliphatic rings. The zero-order valence-electron chi connectivity index (χ0n) is 3.47. The smallest absolute Gasteiger partial charge is 0.200 e. The van der Waals surface area contributed by atoms with E-state index in [2.05, 4.69) is 0 Å². The average Bonchev–Trinajstić information content (AvgIpc) is 1.31. The molecule has 0 saturated carbocycles. The zero-order chi connectivity index (χ0) is 6.08. The summed E-state index contributed by atoms with van der Waals surface area (Å²) in [6, 6.07) is 0. The van der Waals surface area contributed by atoms with Gasteiger partial charge in [0.15, 0.2) is 0 Å². The highest BCUT2D eigenvalue weighted by Crippen LogP contribution is 2.22. The first-order chi connectivity index (χ1) is 2.94. The van der Waals surface area contributed by atoms with E-state index in [0.29, 0.717) is 0 Å². The fourth-order valence-electron chi connectivity index (χ4n) is 0. The molecule has 0 aromatic carbocycles. The molecule has 0 fully saturated rings. The van der Waals surface area contributed by atoms with Gasteiger partial charge < -0.3 is 0 Å². The molecule has 0 bridgehead atoms. The van der Waals surface area contributed by atoms with Crippen molar-refractivity contribution < 1.29 is 22.0 Å². The van der Waals surface area contributed by atoms with Crippen LogP contribution in [0.15, 0.2) is 0 Å². The number of rotatable bonds is 0. The molecule has 0 aliphatic carbocycles. The first kappa shape index (κ1) is 10.9. The lowest BCUT2D eigenvalue weighted by Gasteiger charge is -2.00. The van der Waals surface area contributed by atoms with E-state index in [1.807, 2.05) is 0 Å². The summed E-state index contributed by atoms with van der Waals surface area (Å²) in [4.78, 5) is 0. The highest BCUT2D eigenvalue weighted by atomic mass is 32.1. The van der Waals surface area contributed by atoms with E-state index in [0.717, 1.165) is 0 Å². The summed E-state index contributed by atoms with van der Waals surface area (Å²) in [7, 11) is 0. The lowest BCUT2D eigenvalue weighted by molar-refractivity contribution is -0.219. The minimum Gasteiger partial charge on any atom is -0.200 e. The van der Waals surface area contributed by atoms with E-state index in [-0.39, 0.29) is 13.5 Å². The van der Waals surface area contributed by atoms with Crippen LogP contribution in [-0.4, -0.2) is 12.6 Å². The van der Waals surface area contributed by atoms with Crippen LogP contribution in [0.5, 0.6) is 0 Å². The minimum absolute atomic E-state index is 0. The molecule has 0 amide bonds. The Hall–Kier alpha value is -0.0000000000000000555. The molecule has 0 aliphatic heterocycles. The number of alkyl halides is 5. The number of hydrogen-bond acceptors (Lipinski definition) is 0. The van der Waals surface area contributed by atoms with Gasteiger partial charge in [-0.3, -0.25) is 0 Å². The first-order valence-electron chi connectivity index (χ1n) is 1.29. The first-order valence-corrected chi connectivity index (χ1v) is 1.29. The van der Waals surface area contributed by atoms with Crippen molar-refractivity contribution in [3.8, 4) is 0 Å². The molecule has 0 aromatic rings. The summed E-state index contributed by atoms with van der Waals surface area (Å²) in [5.74, 6) is 0. The Balaban J connectivity index is 0. The average molecular weight is 154 g/mol. The predicted octanol–water partition coefficient (Wildman–Crippen LogP) is 1.93. The lowest BCUT2D eigenvalue weighted by Crippen LogP contribution is -2.18. The van der Waals surface area contributed by atoms with E-state index >= 15 is 0 Å². The fourth-order valence-corrected chi connectivity index (χ4v) is 0. The van der Waals surface area contributed by atoms with Gasteiger partial charge in [0.05, 0.1) is 0 Å². The fraction of sp³-hybridized carbons (Fsp3) is 1.00. The van der Waals surface area contributed by atoms with Gasteiger partial charge in [-0.15, -0.1) is 0 Å². The van der Waals surface area contributed by atoms with Crippen molar-refractivity contribution in [3.63, 3.8) is 0 Å². The maximum absolute atomic E-state index is 10.4. The molecule has 0 saturated heterocycles. The van der Waals surface area contributed by atoms with Crippen LogP contribution < -0.4 is 0 Å². The summed E-state index contributed by atoms with van der Waals surface area (Å²) in [6.07, 6.45) is -9.53. The van der Waals surface area contributed by atoms with Crippen LogP contribution in [0.3, 0.4) is 0 Å². The number of halogens is 5. The molecule has 6 heteroatoms. The van der Waals surface area contributed by atoms with E-state index in [1.165, 1.54) is 0 Å². The van der Waals surface area contributed by atoms with Crippen LogP contribution in [0.25, 0.3) is 0 Å². The minimum atomic E-state index is -5.33. The van der Waals surface area contributed by atoms with Crippen LogP contribution in [0.1, 0.15) is 0 Å². The van der Waals surface area contributed by atoms with Crippen molar-refractivity contribution in [2.45, 2.75) is 12.6 Å². The zero-order valence-corrected chi connectivity index (χ0v) is 4.47. The van der Waals surface area contributed by atoms with Crippen molar-refractivity contribution in [2.24, 2.45) is 0 Å². The molecular weight excluding hydrogens is 151 g/mol. The summed E-state index contributed by atoms with van der Waals surface area (Å²) in [6.45, 7) is 0. The standard InChI is InChI=1S/C2HF5.H2S/c3-1(4)2(5,6)7;/h1H;1H2. The SMILES string of the molecule is FC(F)C(F)(F)F.S. The highest BCUT2D eigenvalue weighted by Gasteiger charge is 2.40. The Morgan fingerprint density at radius 3 is 1.12 bits per heavy atom. The molecule has 0 rings (SSSR count). The Kier molecular flexibility index (Phi) is 4.23. The number of hydrogen-bond donors (Lipinski definition) is 0. The van der Waals surface area contributed by atoms with Gasteiger partial charge >= 0.3 is 12.6 Å². The van der Waals surface area contributed by atoms with Gasteiger partial charge in [0.25, 0.3) is 0 Å². The molecule has 8 heavy (non-hydrogen) atoms. The van der Waals surface area contributed by atoms with E-state index in [4.69, 9.17) is 0 Å². The Labute approximate surface area is 49.1 Å². The molecule has 0 unspecified atom stereocenters. The molecule has 52 valence electrons. The third-order valence-electron chi connectivity index (χ3n) is 0.247. The third-order valence-corrected chi connectivity index (χ3v) is 0.247. The van der Waals surface area contributed by atoms with Gasteiger partial charge in [0.2, 0.25) is 0 Å². The van der Waals surface area contributed by atoms with Gasteiger partial charge in [-0.25, -0.2) is 8.78 Å². The molecule has 0 spiro atoms. The van der Waals surface area contributed by atoms with Gasteiger partial charge in [0.1, 0.15) is 0 Å². The van der Waals surface area contributed by atoms with Gasteiger partial charge in [-0.2, -0.15) is 26.7 Å². The summed E-state index contributed by atoms with van der Waals surface area (Å²) in [5, 5.41) is 0. The maximum Gasteiger partial charge on any atom is 0.450 e. The van der Waals surface area contributed by atoms with Gasteiger partial charge in [0, 0.05) is 0 Å². The molecule has 0 nitrogen and oxygen atoms in total. The second kappa shape index (κ2) is 3.11. The second-order valence-electron chi connectivity index (χ2n) is 0.842. The van der Waals surface area contributed by atoms with E-state index in [1.54, 1.807) is 0 Å². The van der Waals surface area contributed by atoms with Crippen LogP contribution in [0, 0.1) is 0 Å². The second-order valence-corrected chi connectivity index (χ2v) is 0.842. The topological polar surface area (TPSA) is 0 Å². The Morgan fingerprint density at radius 2 is 1.12 bits per heavy atom. The van der Waals surface area contributed by atoms with Crippen LogP contribution >= 0.6 is 13.5 Å². The van der Waals surface area contributed by atoms with Crippen molar-refractivity contribution in [2.75, 3.05) is 0 Å². The normalized spacial score (nSPS) is 11.2. The van der Waals surface area contributed by atoms with Crippen LogP contribution in [0.2, 0.25) is 0 Å². The van der Waals surface area contributed by atoms with Gasteiger partial charge in [-0.1, -0.05) is 0 Å². The summed E-state index contributed by atoms with van der Waals surface area (Å²) in [5.41, 5.74) is 0. The summed E-state index contributed by atoms with van der Waals surface area (Å²) < 4.78 is 52.1. The highest BCUT2D eigenvalue weighted by molar-refractivity contribution is 7.59. The monoisotopic (exact) mass is 154 g/mol. The van der Waals surface area contributed by atoms with Crippen molar-refractivity contribution in [3.05, 3.63) is 0 Å². The van der Waals surface area contributed by atoms with Crippen molar-refractivity contribution in [1.29, 1.82) is 0 Å². The quantitative estimate of drug-likeness (QED) is 0.467. The molecule has 0 aromatic heterocycles. The van der Waals surface area contributed by atoms with Crippen molar-refractivity contribution >= 4 is 13.5 Å². The molecule has 0 atom stereocenters. The van der Waals surface area contributed by atoms with E-state index in [9.17, 15) is 22.0 Å². The largest absolute Gasteiger partial charge is 0.450 e. The molecule has 0 radical (unpaired) electrons. The predicted molar refractivity (Wildman–Crippen MR) is 22.4 cm³/mol. The Bertz CT molecular complexity index is 55.9. The van der Waals surface area contributed by atoms with Crippen LogP contribution in [0.4, 0.5) is 22.0 Å². The molecule has 0 N–H and O–H groups in total. The summed E-state index contributed by atoms with van der Waals surface area (Å²) >= 11 is 0. The third kappa shape index (κ3) is 4.17. The molecular formula is C2H3F5S. The lowest BCUT2D eigenvalue weighted by atomic mass is 10.7. The molecule has 0 heterocycles. The maximum atomic E-state index is 10.4. The Morgan fingerprint density at radius 1 is 1.00 bits per heavy atom. The van der Waals surface area contributed by atoms with Crippen LogP contribution in [-0.2, 0) is 0 Å². The van der Waals surface area contributed by atoms with Gasteiger partial charge in [-0.05, 0) is 0 Å². The van der Waals surface area contributed by atoms with E-state index < -0.39 is 12.6 Å².